The highest BCUT2D eigenvalue weighted by Gasteiger charge is 2.40. The van der Waals surface area contributed by atoms with Gasteiger partial charge in [-0.1, -0.05) is 6.92 Å². The molecule has 0 spiro atoms. The number of thioether (sulfide) groups is 1. The second-order valence-electron chi connectivity index (χ2n) is 14.9. The number of carbonyl (C=O) groups excluding carboxylic acids is 7. The molecule has 24 heteroatoms. The number of nitrogens with zero attached hydrogens (tertiary/aromatic N) is 2. The largest absolute Gasteiger partial charge is 0.481 e. The smallest absolute Gasteiger partial charge is 0.326 e. The highest BCUT2D eigenvalue weighted by Crippen LogP contribution is 2.20. The third-order valence-corrected chi connectivity index (χ3v) is 10.7. The zero-order valence-corrected chi connectivity index (χ0v) is 35.2. The van der Waals surface area contributed by atoms with Gasteiger partial charge in [-0.2, -0.15) is 11.8 Å². The number of carboxylic acid groups (broad SMARTS) is 3. The maximum atomic E-state index is 13.9. The lowest BCUT2D eigenvalue weighted by Crippen LogP contribution is -2.60. The monoisotopic (exact) mass is 885 g/mol. The van der Waals surface area contributed by atoms with Crippen LogP contribution in [0.25, 0.3) is 0 Å². The number of hydrogen-bond donors (Lipinski definition) is 11. The number of aliphatic carboxylic acids is 3. The molecule has 1 saturated heterocycles. The van der Waals surface area contributed by atoms with Crippen LogP contribution < -0.4 is 37.6 Å². The second-order valence-corrected chi connectivity index (χ2v) is 15.9. The van der Waals surface area contributed by atoms with E-state index in [0.29, 0.717) is 25.0 Å². The number of aliphatic hydroxyl groups excluding tert-OH is 1. The SMILES string of the molecule is CSCC[C@H](NC(=O)[C@H](CCCCNC(=O)[C@@H]1N=CC[C@H]1C)NC(=O)[C@@H]1CCCN1C(=O)[C@H](CO)NC(=O)[C@H](C)NC(=O)[C@@H](N)CC(=O)O)C(=O)N[C@@H](CCC(=O)O)C(=O)O. The van der Waals surface area contributed by atoms with Gasteiger partial charge in [0.05, 0.1) is 19.1 Å². The number of likely N-dealkylation sites (tertiary alicyclic amines) is 1. The molecule has 2 heterocycles. The summed E-state index contributed by atoms with van der Waals surface area (Å²) < 4.78 is 0. The van der Waals surface area contributed by atoms with Crippen molar-refractivity contribution in [3.63, 3.8) is 0 Å². The van der Waals surface area contributed by atoms with E-state index in [-0.39, 0.29) is 50.6 Å². The first-order valence-electron chi connectivity index (χ1n) is 19.9. The summed E-state index contributed by atoms with van der Waals surface area (Å²) in [6, 6.07) is -10.2. The van der Waals surface area contributed by atoms with Gasteiger partial charge in [-0.05, 0) is 76.2 Å². The average molecular weight is 886 g/mol. The molecule has 0 unspecified atom stereocenters. The number of amides is 7. The summed E-state index contributed by atoms with van der Waals surface area (Å²) in [6.07, 6.45) is 3.58. The van der Waals surface area contributed by atoms with Crippen molar-refractivity contribution in [1.29, 1.82) is 0 Å². The molecule has 12 N–H and O–H groups in total. The summed E-state index contributed by atoms with van der Waals surface area (Å²) in [4.78, 5) is 131. The lowest BCUT2D eigenvalue weighted by molar-refractivity contribution is -0.144. The number of hydrogen-bond acceptors (Lipinski definition) is 14. The molecule has 2 rings (SSSR count). The Morgan fingerprint density at radius 1 is 0.803 bits per heavy atom. The van der Waals surface area contributed by atoms with E-state index in [2.05, 4.69) is 36.9 Å². The molecule has 1 fully saturated rings. The van der Waals surface area contributed by atoms with Crippen LogP contribution in [-0.2, 0) is 47.9 Å². The molecule has 61 heavy (non-hydrogen) atoms. The number of nitrogens with two attached hydrogens (primary N) is 1. The van der Waals surface area contributed by atoms with Crippen molar-refractivity contribution in [3.8, 4) is 0 Å². The second kappa shape index (κ2) is 26.1. The minimum atomic E-state index is -1.57. The molecule has 2 aliphatic heterocycles. The summed E-state index contributed by atoms with van der Waals surface area (Å²) in [7, 11) is 0. The molecule has 2 aliphatic rings. The summed E-state index contributed by atoms with van der Waals surface area (Å²) in [5, 5.41) is 52.4. The highest BCUT2D eigenvalue weighted by molar-refractivity contribution is 7.98. The zero-order valence-electron chi connectivity index (χ0n) is 34.4. The van der Waals surface area contributed by atoms with E-state index in [1.165, 1.54) is 18.7 Å². The Bertz CT molecular complexity index is 1630. The molecular weight excluding hydrogens is 827 g/mol. The first-order chi connectivity index (χ1) is 28.8. The van der Waals surface area contributed by atoms with Gasteiger partial charge >= 0.3 is 17.9 Å². The van der Waals surface area contributed by atoms with Crippen molar-refractivity contribution >= 4 is 77.2 Å². The minimum Gasteiger partial charge on any atom is -0.481 e. The fraction of sp³-hybridized carbons (Fsp3) is 0.703. The highest BCUT2D eigenvalue weighted by atomic mass is 32.2. The van der Waals surface area contributed by atoms with E-state index < -0.39 is 128 Å². The summed E-state index contributed by atoms with van der Waals surface area (Å²) >= 11 is 1.34. The van der Waals surface area contributed by atoms with Gasteiger partial charge in [0.2, 0.25) is 41.4 Å². The third kappa shape index (κ3) is 17.3. The van der Waals surface area contributed by atoms with Crippen LogP contribution in [0.1, 0.15) is 78.1 Å². The van der Waals surface area contributed by atoms with Crippen LogP contribution in [0.15, 0.2) is 4.99 Å². The van der Waals surface area contributed by atoms with Gasteiger partial charge in [-0.3, -0.25) is 48.1 Å². The van der Waals surface area contributed by atoms with Gasteiger partial charge < -0.3 is 63.0 Å². The number of carbonyl (C=O) groups is 10. The van der Waals surface area contributed by atoms with Gasteiger partial charge in [-0.25, -0.2) is 4.79 Å². The maximum absolute atomic E-state index is 13.9. The molecule has 0 aliphatic carbocycles. The first-order valence-corrected chi connectivity index (χ1v) is 21.3. The van der Waals surface area contributed by atoms with Crippen LogP contribution in [0.3, 0.4) is 0 Å². The van der Waals surface area contributed by atoms with Gasteiger partial charge in [0.15, 0.2) is 0 Å². The van der Waals surface area contributed by atoms with E-state index in [1.807, 2.05) is 6.92 Å². The van der Waals surface area contributed by atoms with Crippen molar-refractivity contribution in [3.05, 3.63) is 0 Å². The molecular formula is C37H59N9O14S. The molecule has 342 valence electrons. The Kier molecular flexibility index (Phi) is 22.1. The molecule has 23 nitrogen and oxygen atoms in total. The average Bonchev–Trinajstić information content (AvgIpc) is 3.88. The van der Waals surface area contributed by atoms with Crippen LogP contribution in [-0.4, -0.2) is 171 Å². The lowest BCUT2D eigenvalue weighted by Gasteiger charge is -2.30. The number of carboxylic acids is 3. The van der Waals surface area contributed by atoms with Crippen LogP contribution >= 0.6 is 11.8 Å². The Morgan fingerprint density at radius 3 is 2.02 bits per heavy atom. The molecule has 0 radical (unpaired) electrons. The molecule has 0 saturated carbocycles. The number of nitrogens with one attached hydrogen (secondary N) is 6. The molecule has 0 bridgehead atoms. The van der Waals surface area contributed by atoms with Crippen molar-refractivity contribution < 1.29 is 68.4 Å². The van der Waals surface area contributed by atoms with E-state index in [4.69, 9.17) is 15.9 Å². The summed E-state index contributed by atoms with van der Waals surface area (Å²) in [5.74, 6) is -9.15. The fourth-order valence-electron chi connectivity index (χ4n) is 6.50. The number of rotatable bonds is 27. The van der Waals surface area contributed by atoms with Gasteiger partial charge in [-0.15, -0.1) is 0 Å². The Balaban J connectivity index is 2.23. The van der Waals surface area contributed by atoms with E-state index in [0.717, 1.165) is 4.90 Å². The van der Waals surface area contributed by atoms with Gasteiger partial charge in [0.1, 0.15) is 42.3 Å². The predicted molar refractivity (Wildman–Crippen MR) is 218 cm³/mol. The van der Waals surface area contributed by atoms with E-state index in [1.54, 1.807) is 12.5 Å². The molecule has 0 aromatic rings. The predicted octanol–water partition coefficient (Wildman–Crippen LogP) is -3.32. The normalized spacial score (nSPS) is 19.9. The van der Waals surface area contributed by atoms with Gasteiger partial charge in [0.25, 0.3) is 0 Å². The van der Waals surface area contributed by atoms with E-state index >= 15 is 0 Å². The third-order valence-electron chi connectivity index (χ3n) is 10.0. The van der Waals surface area contributed by atoms with Crippen LogP contribution in [0.4, 0.5) is 0 Å². The topological polar surface area (TPSA) is 365 Å². The zero-order chi connectivity index (χ0) is 45.8. The van der Waals surface area contributed by atoms with Crippen LogP contribution in [0.5, 0.6) is 0 Å². The Morgan fingerprint density at radius 2 is 1.44 bits per heavy atom. The lowest BCUT2D eigenvalue weighted by atomic mass is 10.0. The quantitative estimate of drug-likeness (QED) is 0.0360. The fourth-order valence-corrected chi connectivity index (χ4v) is 6.97. The van der Waals surface area contributed by atoms with Crippen molar-refractivity contribution in [1.82, 2.24) is 36.8 Å². The van der Waals surface area contributed by atoms with Crippen molar-refractivity contribution in [2.75, 3.05) is 31.7 Å². The minimum absolute atomic E-state index is 0.00558. The van der Waals surface area contributed by atoms with E-state index in [9.17, 15) is 58.2 Å². The molecule has 0 aromatic carbocycles. The number of aliphatic hydroxyl groups is 1. The Labute approximate surface area is 356 Å². The van der Waals surface area contributed by atoms with Crippen LogP contribution in [0, 0.1) is 5.92 Å². The number of aliphatic imine (C=N–C) groups is 1. The van der Waals surface area contributed by atoms with Crippen molar-refractivity contribution in [2.45, 2.75) is 126 Å². The first kappa shape index (κ1) is 51.8. The van der Waals surface area contributed by atoms with Gasteiger partial charge in [0, 0.05) is 25.7 Å². The summed E-state index contributed by atoms with van der Waals surface area (Å²) in [6.45, 7) is 2.50. The maximum Gasteiger partial charge on any atom is 0.326 e. The van der Waals surface area contributed by atoms with Crippen LogP contribution in [0.2, 0.25) is 0 Å². The number of unbranched alkanes of at least 4 members (excludes halogenated alkanes) is 1. The van der Waals surface area contributed by atoms with Crippen molar-refractivity contribution in [2.24, 2.45) is 16.6 Å². The standard InChI is InChI=1S/C37H59N9O14S/c1-19-11-14-39-29(19)35(57)40-13-5-4-7-22(32(54)42-23(12-16-61-3)33(55)44-24(37(59)60)9-10-27(48)49)43-34(56)26-8-6-15-46(26)36(58)25(18-47)45-30(52)20(2)41-31(53)21(38)17-28(50)51/h14,19-26,29,47H,4-13,15-18,38H2,1-3H3,(H,40,57)(H,41,53)(H,42,54)(H,43,56)(H,44,55)(H,45,52)(H,48,49)(H,50,51)(H,59,60)/t19-,20+,21+,22+,23+,24+,25+,26+,29-/m1/s1. The molecule has 7 amide bonds. The summed E-state index contributed by atoms with van der Waals surface area (Å²) in [5.41, 5.74) is 5.54. The molecule has 0 aromatic heterocycles. The Hall–Kier alpha value is -5.36. The molecule has 9 atom stereocenters.